The van der Waals surface area contributed by atoms with Gasteiger partial charge in [0.15, 0.2) is 11.0 Å². The Kier molecular flexibility index (Phi) is 9.02. The third-order valence-electron chi connectivity index (χ3n) is 7.23. The summed E-state index contributed by atoms with van der Waals surface area (Å²) in [6.07, 6.45) is 0.773. The minimum Gasteiger partial charge on any atom is -0.305 e. The highest BCUT2D eigenvalue weighted by molar-refractivity contribution is 7.99. The summed E-state index contributed by atoms with van der Waals surface area (Å²) < 4.78 is 40.5. The highest BCUT2D eigenvalue weighted by atomic mass is 35.5. The van der Waals surface area contributed by atoms with E-state index in [-0.39, 0.29) is 30.2 Å². The Balaban J connectivity index is 0.00000180. The van der Waals surface area contributed by atoms with Crippen molar-refractivity contribution in [2.45, 2.75) is 43.4 Å². The molecule has 36 heavy (non-hydrogen) atoms. The van der Waals surface area contributed by atoms with Gasteiger partial charge in [0.25, 0.3) is 0 Å². The molecule has 1 saturated carbocycles. The number of nitrogens with zero attached hydrogens (tertiary/aromatic N) is 5. The topological polar surface area (TPSA) is 46.8 Å². The van der Waals surface area contributed by atoms with E-state index in [1.165, 1.54) is 12.1 Å². The van der Waals surface area contributed by atoms with Gasteiger partial charge in [-0.15, -0.1) is 35.0 Å². The summed E-state index contributed by atoms with van der Waals surface area (Å²) in [5.74, 6) is 2.18. The lowest BCUT2D eigenvalue weighted by Gasteiger charge is -2.16. The molecule has 2 atom stereocenters. The maximum atomic E-state index is 12.8. The van der Waals surface area contributed by atoms with Crippen LogP contribution in [0.25, 0.3) is 11.4 Å². The molecule has 3 aromatic rings. The van der Waals surface area contributed by atoms with Crippen molar-refractivity contribution in [2.75, 3.05) is 25.4 Å². The number of likely N-dealkylation sites (tertiary alicyclic amines) is 1. The minimum atomic E-state index is -4.27. The van der Waals surface area contributed by atoms with Crippen molar-refractivity contribution in [2.24, 2.45) is 12.5 Å². The van der Waals surface area contributed by atoms with Crippen LogP contribution in [0.5, 0.6) is 0 Å². The van der Waals surface area contributed by atoms with Crippen LogP contribution < -0.4 is 0 Å². The molecular formula is C25H30Cl2F3N5S. The van der Waals surface area contributed by atoms with E-state index in [1.54, 1.807) is 30.1 Å². The number of alkyl halides is 3. The Morgan fingerprint density at radius 1 is 1.11 bits per heavy atom. The number of hydrogen-bond donors (Lipinski definition) is 0. The van der Waals surface area contributed by atoms with E-state index in [4.69, 9.17) is 0 Å². The lowest BCUT2D eigenvalue weighted by atomic mass is 9.97. The zero-order chi connectivity index (χ0) is 23.9. The van der Waals surface area contributed by atoms with Crippen molar-refractivity contribution in [1.82, 2.24) is 24.6 Å². The standard InChI is InChI=1S/C25H28F3N5S.2ClH/c1-17-20(5-3-11-29-17)22-30-31-23(32(22)2)34-14-4-12-33-13-10-24(16-33)15-21(24)18-6-8-19(9-7-18)25(26,27)28;;/h3,5-9,11,21H,4,10,12-16H2,1-2H3;2*1H/t21-,24+;;/m1../s1. The first-order valence-electron chi connectivity index (χ1n) is 11.6. The van der Waals surface area contributed by atoms with E-state index in [2.05, 4.69) is 20.1 Å². The molecule has 0 bridgehead atoms. The molecule has 3 heterocycles. The van der Waals surface area contributed by atoms with E-state index in [9.17, 15) is 13.2 Å². The van der Waals surface area contributed by atoms with Gasteiger partial charge in [0, 0.05) is 36.8 Å². The maximum Gasteiger partial charge on any atom is 0.416 e. The van der Waals surface area contributed by atoms with Gasteiger partial charge in [-0.2, -0.15) is 13.2 Å². The van der Waals surface area contributed by atoms with Gasteiger partial charge in [-0.3, -0.25) is 4.98 Å². The molecule has 0 radical (unpaired) electrons. The minimum absolute atomic E-state index is 0. The molecule has 196 valence electrons. The smallest absolute Gasteiger partial charge is 0.305 e. The van der Waals surface area contributed by atoms with Crippen molar-refractivity contribution in [3.8, 4) is 11.4 Å². The summed E-state index contributed by atoms with van der Waals surface area (Å²) in [4.78, 5) is 6.85. The number of hydrogen-bond acceptors (Lipinski definition) is 5. The monoisotopic (exact) mass is 559 g/mol. The first kappa shape index (κ1) is 28.8. The average Bonchev–Trinajstić information content (AvgIpc) is 3.16. The number of benzene rings is 1. The van der Waals surface area contributed by atoms with Crippen molar-refractivity contribution in [3.63, 3.8) is 0 Å². The summed E-state index contributed by atoms with van der Waals surface area (Å²) in [5, 5.41) is 9.63. The van der Waals surface area contributed by atoms with Gasteiger partial charge in [-0.1, -0.05) is 23.9 Å². The summed E-state index contributed by atoms with van der Waals surface area (Å²) >= 11 is 1.72. The van der Waals surface area contributed by atoms with E-state index < -0.39 is 11.7 Å². The summed E-state index contributed by atoms with van der Waals surface area (Å²) in [5.41, 5.74) is 2.67. The quantitative estimate of drug-likeness (QED) is 0.247. The molecule has 1 aromatic carbocycles. The predicted octanol–water partition coefficient (Wildman–Crippen LogP) is 6.41. The average molecular weight is 561 g/mol. The first-order valence-corrected chi connectivity index (χ1v) is 12.6. The molecule has 0 N–H and O–H groups in total. The predicted molar refractivity (Wildman–Crippen MR) is 141 cm³/mol. The third-order valence-corrected chi connectivity index (χ3v) is 8.33. The van der Waals surface area contributed by atoms with Crippen molar-refractivity contribution >= 4 is 36.6 Å². The Bertz CT molecular complexity index is 1170. The fourth-order valence-electron chi connectivity index (χ4n) is 5.20. The second-order valence-electron chi connectivity index (χ2n) is 9.47. The van der Waals surface area contributed by atoms with Crippen LogP contribution in [-0.4, -0.2) is 50.0 Å². The van der Waals surface area contributed by atoms with Crippen LogP contribution in [0.15, 0.2) is 47.8 Å². The SMILES string of the molecule is Cc1ncccc1-c1nnc(SCCCN2CC[C@]3(C[C@@H]3c3ccc(C(F)(F)F)cc3)C2)n1C.Cl.Cl. The fourth-order valence-corrected chi connectivity index (χ4v) is 6.03. The van der Waals surface area contributed by atoms with Gasteiger partial charge in [-0.25, -0.2) is 0 Å². The zero-order valence-corrected chi connectivity index (χ0v) is 22.6. The lowest BCUT2D eigenvalue weighted by molar-refractivity contribution is -0.137. The van der Waals surface area contributed by atoms with E-state index >= 15 is 0 Å². The third kappa shape index (κ3) is 5.85. The number of aromatic nitrogens is 4. The molecular weight excluding hydrogens is 530 g/mol. The number of thioether (sulfide) groups is 1. The molecule has 11 heteroatoms. The number of halogens is 5. The highest BCUT2D eigenvalue weighted by Crippen LogP contribution is 2.64. The fraction of sp³-hybridized carbons (Fsp3) is 0.480. The van der Waals surface area contributed by atoms with Crippen LogP contribution in [-0.2, 0) is 13.2 Å². The van der Waals surface area contributed by atoms with Crippen LogP contribution in [0, 0.1) is 12.3 Å². The van der Waals surface area contributed by atoms with Gasteiger partial charge in [-0.05, 0) is 80.4 Å². The Labute approximate surface area is 226 Å². The van der Waals surface area contributed by atoms with Crippen LogP contribution >= 0.6 is 36.6 Å². The molecule has 5 rings (SSSR count). The number of rotatable bonds is 7. The first-order chi connectivity index (χ1) is 16.3. The largest absolute Gasteiger partial charge is 0.416 e. The van der Waals surface area contributed by atoms with Crippen LogP contribution in [0.1, 0.15) is 42.0 Å². The molecule has 1 saturated heterocycles. The van der Waals surface area contributed by atoms with E-state index in [0.29, 0.717) is 5.92 Å². The second kappa shape index (κ2) is 11.3. The molecule has 0 unspecified atom stereocenters. The summed E-state index contributed by atoms with van der Waals surface area (Å²) in [6.45, 7) is 5.11. The van der Waals surface area contributed by atoms with Gasteiger partial charge in [0.05, 0.1) is 5.56 Å². The van der Waals surface area contributed by atoms with Crippen molar-refractivity contribution in [1.29, 1.82) is 0 Å². The van der Waals surface area contributed by atoms with Crippen LogP contribution in [0.2, 0.25) is 0 Å². The van der Waals surface area contributed by atoms with Crippen LogP contribution in [0.3, 0.4) is 0 Å². The van der Waals surface area contributed by atoms with Gasteiger partial charge in [0.2, 0.25) is 0 Å². The zero-order valence-electron chi connectivity index (χ0n) is 20.2. The lowest BCUT2D eigenvalue weighted by Crippen LogP contribution is -2.23. The Morgan fingerprint density at radius 2 is 1.86 bits per heavy atom. The highest BCUT2D eigenvalue weighted by Gasteiger charge is 2.57. The molecule has 0 amide bonds. The van der Waals surface area contributed by atoms with Gasteiger partial charge in [0.1, 0.15) is 0 Å². The van der Waals surface area contributed by atoms with Gasteiger partial charge >= 0.3 is 6.18 Å². The molecule has 1 aliphatic carbocycles. The van der Waals surface area contributed by atoms with Crippen molar-refractivity contribution in [3.05, 3.63) is 59.4 Å². The van der Waals surface area contributed by atoms with E-state index in [1.807, 2.05) is 30.7 Å². The summed E-state index contributed by atoms with van der Waals surface area (Å²) in [7, 11) is 1.99. The number of aryl methyl sites for hydroxylation is 1. The van der Waals surface area contributed by atoms with Gasteiger partial charge < -0.3 is 9.47 Å². The molecule has 5 nitrogen and oxygen atoms in total. The molecule has 1 spiro atoms. The van der Waals surface area contributed by atoms with E-state index in [0.717, 1.165) is 72.5 Å². The second-order valence-corrected chi connectivity index (χ2v) is 10.5. The summed E-state index contributed by atoms with van der Waals surface area (Å²) in [6, 6.07) is 9.71. The van der Waals surface area contributed by atoms with Crippen molar-refractivity contribution < 1.29 is 13.2 Å². The Hall–Kier alpha value is -1.81. The molecule has 2 aromatic heterocycles. The number of pyridine rings is 1. The molecule has 1 aliphatic heterocycles. The Morgan fingerprint density at radius 3 is 2.56 bits per heavy atom. The maximum absolute atomic E-state index is 12.8. The molecule has 2 aliphatic rings. The molecule has 2 fully saturated rings. The normalized spacial score (nSPS) is 21.3. The van der Waals surface area contributed by atoms with Crippen LogP contribution in [0.4, 0.5) is 13.2 Å².